The average Bonchev–Trinajstić information content (AvgIpc) is 2.48. The van der Waals surface area contributed by atoms with Gasteiger partial charge in [-0.2, -0.15) is 0 Å². The molecule has 2 saturated carbocycles. The van der Waals surface area contributed by atoms with Crippen LogP contribution in [0.25, 0.3) is 0 Å². The predicted molar refractivity (Wildman–Crippen MR) is 54.8 cm³/mol. The Morgan fingerprint density at radius 1 is 1.36 bits per heavy atom. The molecule has 14 heavy (non-hydrogen) atoms. The van der Waals surface area contributed by atoms with Gasteiger partial charge < -0.3 is 0 Å². The predicted octanol–water partition coefficient (Wildman–Crippen LogP) is 3.41. The van der Waals surface area contributed by atoms with Gasteiger partial charge in [0.25, 0.3) is 0 Å². The summed E-state index contributed by atoms with van der Waals surface area (Å²) in [5.41, 5.74) is 0.806. The first-order valence-electron chi connectivity index (χ1n) is 5.55. The summed E-state index contributed by atoms with van der Waals surface area (Å²) in [4.78, 5) is 0. The van der Waals surface area contributed by atoms with Crippen LogP contribution in [0.5, 0.6) is 0 Å². The molecule has 2 rings (SSSR count). The minimum atomic E-state index is -1.38. The van der Waals surface area contributed by atoms with Gasteiger partial charge in [-0.05, 0) is 0 Å². The summed E-state index contributed by atoms with van der Waals surface area (Å²) in [6, 6.07) is 0. The van der Waals surface area contributed by atoms with Crippen molar-refractivity contribution in [1.29, 1.82) is 0 Å². The quantitative estimate of drug-likeness (QED) is 0.643. The van der Waals surface area contributed by atoms with E-state index in [0.29, 0.717) is 10.8 Å². The third-order valence-electron chi connectivity index (χ3n) is 5.62. The number of ether oxygens (including phenoxy) is 1. The molecule has 2 aliphatic rings. The summed E-state index contributed by atoms with van der Waals surface area (Å²) in [6.07, 6.45) is 3.96. The molecule has 0 N–H and O–H groups in total. The van der Waals surface area contributed by atoms with Crippen LogP contribution in [-0.2, 0) is 28.1 Å². The van der Waals surface area contributed by atoms with Gasteiger partial charge >= 0.3 is 103 Å². The Kier molecular flexibility index (Phi) is 2.78. The van der Waals surface area contributed by atoms with Crippen LogP contribution in [0.2, 0.25) is 0 Å². The van der Waals surface area contributed by atoms with Gasteiger partial charge in [-0.15, -0.1) is 0 Å². The van der Waals surface area contributed by atoms with E-state index >= 15 is 0 Å². The van der Waals surface area contributed by atoms with E-state index in [1.54, 1.807) is 0 Å². The van der Waals surface area contributed by atoms with Crippen LogP contribution in [-0.4, -0.2) is 10.2 Å². The number of fused-ring (bicyclic) bond motifs is 2. The fraction of sp³-hybridized carbons (Fsp3) is 1.00. The van der Waals surface area contributed by atoms with Crippen LogP contribution < -0.4 is 0 Å². The maximum atomic E-state index is 6.37. The Bertz CT molecular complexity index is 250. The molecule has 0 aromatic heterocycles. The molecule has 0 aliphatic heterocycles. The Morgan fingerprint density at radius 2 is 2.00 bits per heavy atom. The average molecular weight is 403 g/mol. The molecule has 0 saturated heterocycles. The van der Waals surface area contributed by atoms with Gasteiger partial charge in [-0.25, -0.2) is 0 Å². The number of rotatable bonds is 2. The second-order valence-corrected chi connectivity index (χ2v) is 13.7. The van der Waals surface area contributed by atoms with Gasteiger partial charge in [0, 0.05) is 0 Å². The standard InChI is InChI=1S/C11H19O.ClH.Hg/c1-10(2)8-5-6-11(10,3)9(7-8)12-4;;/h8H,5-7H2,1-4H3;1H;/q;;+1/p-1. The van der Waals surface area contributed by atoms with Crippen molar-refractivity contribution in [2.75, 3.05) is 7.11 Å². The van der Waals surface area contributed by atoms with Gasteiger partial charge in [0.05, 0.1) is 0 Å². The fourth-order valence-corrected chi connectivity index (χ4v) is 14.3. The number of hydrogen-bond donors (Lipinski definition) is 0. The van der Waals surface area contributed by atoms with Crippen molar-refractivity contribution in [2.45, 2.75) is 43.1 Å². The zero-order chi connectivity index (χ0) is 10.6. The first kappa shape index (κ1) is 11.7. The SMILES string of the molecule is CO[C]1([Hg][Cl])CC2CCC1(C)C2(C)C. The van der Waals surface area contributed by atoms with Gasteiger partial charge in [-0.3, -0.25) is 0 Å². The molecular weight excluding hydrogens is 384 g/mol. The molecule has 3 heteroatoms. The van der Waals surface area contributed by atoms with E-state index in [-0.39, 0.29) is 3.11 Å². The van der Waals surface area contributed by atoms with Crippen molar-refractivity contribution in [3.8, 4) is 0 Å². The number of halogens is 1. The summed E-state index contributed by atoms with van der Waals surface area (Å²) < 4.78 is 6.04. The van der Waals surface area contributed by atoms with E-state index in [4.69, 9.17) is 13.0 Å². The van der Waals surface area contributed by atoms with Crippen molar-refractivity contribution >= 4 is 8.25 Å². The van der Waals surface area contributed by atoms with Gasteiger partial charge in [-0.1, -0.05) is 0 Å². The summed E-state index contributed by atoms with van der Waals surface area (Å²) in [6.45, 7) is 7.27. The molecule has 0 aromatic rings. The summed E-state index contributed by atoms with van der Waals surface area (Å²) in [7, 11) is 8.25. The Balaban J connectivity index is 2.44. The summed E-state index contributed by atoms with van der Waals surface area (Å²) >= 11 is -1.38. The molecular formula is C11H19ClHgO. The molecule has 0 spiro atoms. The third kappa shape index (κ3) is 1.10. The molecule has 0 radical (unpaired) electrons. The second-order valence-electron chi connectivity index (χ2n) is 5.83. The first-order chi connectivity index (χ1) is 6.43. The van der Waals surface area contributed by atoms with Gasteiger partial charge in [0.2, 0.25) is 0 Å². The minimum absolute atomic E-state index is 0.154. The Labute approximate surface area is 103 Å². The molecule has 1 nitrogen and oxygen atoms in total. The van der Waals surface area contributed by atoms with Crippen LogP contribution in [0.1, 0.15) is 40.0 Å². The van der Waals surface area contributed by atoms with Crippen molar-refractivity contribution in [1.82, 2.24) is 0 Å². The molecule has 3 atom stereocenters. The van der Waals surface area contributed by atoms with E-state index in [1.165, 1.54) is 19.3 Å². The molecule has 2 fully saturated rings. The Morgan fingerprint density at radius 3 is 2.21 bits per heavy atom. The van der Waals surface area contributed by atoms with Crippen molar-refractivity contribution in [2.24, 2.45) is 16.7 Å². The van der Waals surface area contributed by atoms with Crippen molar-refractivity contribution in [3.05, 3.63) is 0 Å². The number of methoxy groups -OCH3 is 1. The first-order valence-corrected chi connectivity index (χ1v) is 15.1. The van der Waals surface area contributed by atoms with Crippen LogP contribution in [0.4, 0.5) is 0 Å². The van der Waals surface area contributed by atoms with Crippen LogP contribution >= 0.6 is 8.25 Å². The topological polar surface area (TPSA) is 9.23 Å². The third-order valence-corrected chi connectivity index (χ3v) is 16.4. The molecule has 0 aromatic carbocycles. The monoisotopic (exact) mass is 404 g/mol. The van der Waals surface area contributed by atoms with E-state index in [0.717, 1.165) is 5.92 Å². The summed E-state index contributed by atoms with van der Waals surface area (Å²) in [5.74, 6) is 0.853. The Hall–Kier alpha value is 1.19. The van der Waals surface area contributed by atoms with E-state index in [9.17, 15) is 0 Å². The molecule has 78 valence electrons. The molecule has 0 amide bonds. The second kappa shape index (κ2) is 3.34. The molecule has 3 unspecified atom stereocenters. The molecule has 0 heterocycles. The number of hydrogen-bond acceptors (Lipinski definition) is 1. The fourth-order valence-electron chi connectivity index (χ4n) is 3.96. The van der Waals surface area contributed by atoms with Gasteiger partial charge in [0.15, 0.2) is 0 Å². The van der Waals surface area contributed by atoms with E-state index < -0.39 is 23.3 Å². The normalized spacial score (nSPS) is 49.4. The van der Waals surface area contributed by atoms with E-state index in [2.05, 4.69) is 20.8 Å². The van der Waals surface area contributed by atoms with Crippen molar-refractivity contribution < 1.29 is 28.1 Å². The zero-order valence-corrected chi connectivity index (χ0v) is 15.9. The summed E-state index contributed by atoms with van der Waals surface area (Å²) in [5, 5.41) is 0. The zero-order valence-electron chi connectivity index (χ0n) is 9.69. The van der Waals surface area contributed by atoms with Crippen LogP contribution in [0, 0.1) is 16.7 Å². The molecule has 2 aliphatic carbocycles. The van der Waals surface area contributed by atoms with Crippen LogP contribution in [0.3, 0.4) is 0 Å². The maximum absolute atomic E-state index is 6.37. The van der Waals surface area contributed by atoms with Gasteiger partial charge in [0.1, 0.15) is 0 Å². The van der Waals surface area contributed by atoms with Crippen molar-refractivity contribution in [3.63, 3.8) is 0 Å². The molecule has 2 bridgehead atoms. The van der Waals surface area contributed by atoms with E-state index in [1.807, 2.05) is 7.11 Å². The van der Waals surface area contributed by atoms with Crippen LogP contribution in [0.15, 0.2) is 0 Å².